The van der Waals surface area contributed by atoms with Gasteiger partial charge in [0.1, 0.15) is 16.7 Å². The van der Waals surface area contributed by atoms with E-state index in [1.54, 1.807) is 30.3 Å². The molecule has 6 nitrogen and oxygen atoms in total. The Balaban J connectivity index is 2.17. The molecule has 0 aromatic heterocycles. The van der Waals surface area contributed by atoms with E-state index in [4.69, 9.17) is 4.74 Å². The molecule has 0 radical (unpaired) electrons. The van der Waals surface area contributed by atoms with E-state index in [0.29, 0.717) is 17.0 Å². The van der Waals surface area contributed by atoms with Crippen molar-refractivity contribution in [3.63, 3.8) is 0 Å². The first-order chi connectivity index (χ1) is 11.5. The third-order valence-corrected chi connectivity index (χ3v) is 5.92. The van der Waals surface area contributed by atoms with Gasteiger partial charge in [0.2, 0.25) is 0 Å². The predicted octanol–water partition coefficient (Wildman–Crippen LogP) is 2.20. The van der Waals surface area contributed by atoms with Gasteiger partial charge in [0.05, 0.1) is 24.5 Å². The number of nitrogens with zero attached hydrogens (tertiary/aromatic N) is 2. The minimum absolute atomic E-state index is 0.0438. The van der Waals surface area contributed by atoms with Gasteiger partial charge in [-0.25, -0.2) is 8.42 Å². The molecule has 0 spiro atoms. The molecule has 1 aliphatic heterocycles. The van der Waals surface area contributed by atoms with Crippen LogP contribution in [0.25, 0.3) is 0 Å². The third kappa shape index (κ3) is 2.60. The second kappa shape index (κ2) is 6.15. The lowest BCUT2D eigenvalue weighted by molar-refractivity contribution is 0.166. The number of hydrogen-bond donors (Lipinski definition) is 1. The zero-order chi connectivity index (χ0) is 17.3. The Kier molecular flexibility index (Phi) is 4.18. The summed E-state index contributed by atoms with van der Waals surface area (Å²) < 4.78 is 32.6. The van der Waals surface area contributed by atoms with Gasteiger partial charge in [0.15, 0.2) is 0 Å². The first-order valence-corrected chi connectivity index (χ1v) is 8.81. The molecule has 24 heavy (non-hydrogen) atoms. The fourth-order valence-corrected chi connectivity index (χ4v) is 4.46. The van der Waals surface area contributed by atoms with Crippen molar-refractivity contribution < 1.29 is 18.3 Å². The van der Waals surface area contributed by atoms with Crippen LogP contribution in [0.2, 0.25) is 0 Å². The zero-order valence-electron chi connectivity index (χ0n) is 13.0. The molecular weight excluding hydrogens is 328 g/mol. The molecule has 3 rings (SSSR count). The second-order valence-corrected chi connectivity index (χ2v) is 7.25. The molecule has 1 aliphatic rings. The highest BCUT2D eigenvalue weighted by atomic mass is 32.2. The Bertz CT molecular complexity index is 918. The van der Waals surface area contributed by atoms with Crippen molar-refractivity contribution in [1.29, 1.82) is 5.26 Å². The summed E-state index contributed by atoms with van der Waals surface area (Å²) >= 11 is 0. The standard InChI is InChI=1S/C17H16N2O4S/c1-23-13-6-7-14-15(10-13)19(9-8-16(14)20)24(21,22)17-5-3-2-4-12(17)11-18/h2-7,10,16,20H,8-9H2,1H3. The monoisotopic (exact) mass is 344 g/mol. The average molecular weight is 344 g/mol. The van der Waals surface area contributed by atoms with Crippen LogP contribution in [-0.2, 0) is 10.0 Å². The number of ether oxygens (including phenoxy) is 1. The van der Waals surface area contributed by atoms with Crippen molar-refractivity contribution in [1.82, 2.24) is 0 Å². The number of sulfonamides is 1. The Morgan fingerprint density at radius 2 is 2.04 bits per heavy atom. The minimum Gasteiger partial charge on any atom is -0.497 e. The first kappa shape index (κ1) is 16.3. The molecule has 0 amide bonds. The van der Waals surface area contributed by atoms with Crippen LogP contribution < -0.4 is 9.04 Å². The van der Waals surface area contributed by atoms with Crippen LogP contribution in [0.15, 0.2) is 47.4 Å². The van der Waals surface area contributed by atoms with Gasteiger partial charge in [-0.3, -0.25) is 4.31 Å². The van der Waals surface area contributed by atoms with Crippen LogP contribution in [0.1, 0.15) is 23.7 Å². The van der Waals surface area contributed by atoms with E-state index < -0.39 is 16.1 Å². The van der Waals surface area contributed by atoms with Gasteiger partial charge < -0.3 is 9.84 Å². The summed E-state index contributed by atoms with van der Waals surface area (Å²) in [6.07, 6.45) is -0.448. The smallest absolute Gasteiger partial charge is 0.265 e. The predicted molar refractivity (Wildman–Crippen MR) is 88.3 cm³/mol. The number of aliphatic hydroxyl groups excluding tert-OH is 1. The first-order valence-electron chi connectivity index (χ1n) is 7.37. The molecule has 7 heteroatoms. The van der Waals surface area contributed by atoms with Crippen LogP contribution in [-0.4, -0.2) is 27.2 Å². The maximum Gasteiger partial charge on any atom is 0.265 e. The van der Waals surface area contributed by atoms with E-state index >= 15 is 0 Å². The topological polar surface area (TPSA) is 90.6 Å². The van der Waals surface area contributed by atoms with Crippen LogP contribution >= 0.6 is 0 Å². The number of anilines is 1. The van der Waals surface area contributed by atoms with Crippen LogP contribution in [0.3, 0.4) is 0 Å². The molecule has 0 saturated heterocycles. The lowest BCUT2D eigenvalue weighted by atomic mass is 10.0. The molecule has 2 aromatic rings. The highest BCUT2D eigenvalue weighted by Gasteiger charge is 2.34. The Hall–Kier alpha value is -2.56. The van der Waals surface area contributed by atoms with E-state index in [0.717, 1.165) is 0 Å². The number of hydrogen-bond acceptors (Lipinski definition) is 5. The number of benzene rings is 2. The average Bonchev–Trinajstić information content (AvgIpc) is 2.61. The van der Waals surface area contributed by atoms with Gasteiger partial charge in [-0.1, -0.05) is 18.2 Å². The van der Waals surface area contributed by atoms with E-state index in [-0.39, 0.29) is 23.4 Å². The number of fused-ring (bicyclic) bond motifs is 1. The number of rotatable bonds is 3. The Morgan fingerprint density at radius 1 is 1.29 bits per heavy atom. The van der Waals surface area contributed by atoms with Crippen LogP contribution in [0.5, 0.6) is 5.75 Å². The van der Waals surface area contributed by atoms with Crippen molar-refractivity contribution in [2.24, 2.45) is 0 Å². The van der Waals surface area contributed by atoms with Gasteiger partial charge in [-0.05, 0) is 24.6 Å². The van der Waals surface area contributed by atoms with Crippen LogP contribution in [0, 0.1) is 11.3 Å². The maximum absolute atomic E-state index is 13.1. The molecular formula is C17H16N2O4S. The summed E-state index contributed by atoms with van der Waals surface area (Å²) in [5.74, 6) is 0.497. The minimum atomic E-state index is -3.92. The summed E-state index contributed by atoms with van der Waals surface area (Å²) in [6, 6.07) is 12.9. The number of aliphatic hydroxyl groups is 1. The second-order valence-electron chi connectivity index (χ2n) is 5.41. The summed E-state index contributed by atoms with van der Waals surface area (Å²) in [5, 5.41) is 19.4. The van der Waals surface area contributed by atoms with Gasteiger partial charge >= 0.3 is 0 Å². The highest BCUT2D eigenvalue weighted by molar-refractivity contribution is 7.92. The van der Waals surface area contributed by atoms with Gasteiger partial charge in [-0.15, -0.1) is 0 Å². The molecule has 1 unspecified atom stereocenters. The van der Waals surface area contributed by atoms with Crippen LogP contribution in [0.4, 0.5) is 5.69 Å². The fourth-order valence-electron chi connectivity index (χ4n) is 2.82. The van der Waals surface area contributed by atoms with Crippen molar-refractivity contribution in [2.45, 2.75) is 17.4 Å². The molecule has 124 valence electrons. The molecule has 2 aromatic carbocycles. The molecule has 1 atom stereocenters. The summed E-state index contributed by atoms with van der Waals surface area (Å²) in [5.41, 5.74) is 0.994. The largest absolute Gasteiger partial charge is 0.497 e. The number of methoxy groups -OCH3 is 1. The molecule has 0 bridgehead atoms. The van der Waals surface area contributed by atoms with Crippen molar-refractivity contribution >= 4 is 15.7 Å². The summed E-state index contributed by atoms with van der Waals surface area (Å²) in [4.78, 5) is -0.0438. The Morgan fingerprint density at radius 3 is 2.75 bits per heavy atom. The number of nitriles is 1. The van der Waals surface area contributed by atoms with Crippen molar-refractivity contribution in [3.05, 3.63) is 53.6 Å². The lowest BCUT2D eigenvalue weighted by Crippen LogP contribution is -2.37. The molecule has 1 N–H and O–H groups in total. The van der Waals surface area contributed by atoms with Gasteiger partial charge in [0, 0.05) is 18.2 Å². The van der Waals surface area contributed by atoms with E-state index in [1.165, 1.54) is 23.5 Å². The van der Waals surface area contributed by atoms with Crippen molar-refractivity contribution in [3.8, 4) is 11.8 Å². The fraction of sp³-hybridized carbons (Fsp3) is 0.235. The molecule has 0 saturated carbocycles. The summed E-state index contributed by atoms with van der Waals surface area (Å²) in [6.45, 7) is 0.128. The summed E-state index contributed by atoms with van der Waals surface area (Å²) in [7, 11) is -2.43. The third-order valence-electron chi connectivity index (χ3n) is 4.05. The van der Waals surface area contributed by atoms with E-state index in [9.17, 15) is 18.8 Å². The SMILES string of the molecule is COc1ccc2c(c1)N(S(=O)(=O)c1ccccc1C#N)CCC2O. The normalized spacial score (nSPS) is 17.0. The Labute approximate surface area is 140 Å². The van der Waals surface area contributed by atoms with Crippen molar-refractivity contribution in [2.75, 3.05) is 18.0 Å². The molecule has 0 aliphatic carbocycles. The van der Waals surface area contributed by atoms with Gasteiger partial charge in [-0.2, -0.15) is 5.26 Å². The quantitative estimate of drug-likeness (QED) is 0.922. The molecule has 1 heterocycles. The maximum atomic E-state index is 13.1. The van der Waals surface area contributed by atoms with E-state index in [2.05, 4.69) is 0 Å². The van der Waals surface area contributed by atoms with Gasteiger partial charge in [0.25, 0.3) is 10.0 Å². The lowest BCUT2D eigenvalue weighted by Gasteiger charge is -2.33. The van der Waals surface area contributed by atoms with E-state index in [1.807, 2.05) is 6.07 Å². The highest BCUT2D eigenvalue weighted by Crippen LogP contribution is 2.39. The molecule has 0 fully saturated rings. The zero-order valence-corrected chi connectivity index (χ0v) is 13.8.